The van der Waals surface area contributed by atoms with Crippen molar-refractivity contribution in [3.63, 3.8) is 0 Å². The molecule has 3 rings (SSSR count). The van der Waals surface area contributed by atoms with E-state index in [0.29, 0.717) is 46.4 Å². The van der Waals surface area contributed by atoms with Crippen LogP contribution in [0.15, 0.2) is 43.9 Å². The average molecular weight is 501 g/mol. The highest BCUT2D eigenvalue weighted by Gasteiger charge is 2.42. The minimum absolute atomic E-state index is 0.0370. The van der Waals surface area contributed by atoms with E-state index < -0.39 is 11.9 Å². The molecule has 2 N–H and O–H groups in total. The van der Waals surface area contributed by atoms with Crippen molar-refractivity contribution < 1.29 is 23.8 Å². The normalized spacial score (nSPS) is 19.6. The number of allylic oxidation sites excluding steroid dienone is 2. The largest absolute Gasteiger partial charge is 0.495 e. The molecule has 0 bridgehead atoms. The zero-order chi connectivity index (χ0) is 19.7. The Kier molecular flexibility index (Phi) is 5.95. The number of methoxy groups -OCH3 is 1. The summed E-state index contributed by atoms with van der Waals surface area (Å²) in [4.78, 5) is 25.5. The molecule has 27 heavy (non-hydrogen) atoms. The Morgan fingerprint density at radius 3 is 2.74 bits per heavy atom. The van der Waals surface area contributed by atoms with Gasteiger partial charge in [0.2, 0.25) is 5.88 Å². The van der Waals surface area contributed by atoms with Gasteiger partial charge in [0.05, 0.1) is 24.1 Å². The molecule has 1 aromatic carbocycles. The SMILES string of the molecule is CCOC(=O)C1=C(N)OC2=C(C(=O)CCC2)C1c1cc(Br)cc(Br)c1OC. The molecule has 1 aromatic rings. The summed E-state index contributed by atoms with van der Waals surface area (Å²) in [6.45, 7) is 1.89. The smallest absolute Gasteiger partial charge is 0.340 e. The number of carbonyl (C=O) groups is 2. The molecule has 0 radical (unpaired) electrons. The molecule has 0 saturated heterocycles. The van der Waals surface area contributed by atoms with Crippen molar-refractivity contribution in [2.45, 2.75) is 32.1 Å². The summed E-state index contributed by atoms with van der Waals surface area (Å²) < 4.78 is 17.9. The van der Waals surface area contributed by atoms with Crippen molar-refractivity contribution in [2.75, 3.05) is 13.7 Å². The van der Waals surface area contributed by atoms with Crippen molar-refractivity contribution >= 4 is 43.6 Å². The molecule has 0 amide bonds. The van der Waals surface area contributed by atoms with Crippen molar-refractivity contribution in [1.29, 1.82) is 0 Å². The summed E-state index contributed by atoms with van der Waals surface area (Å²) in [5.41, 5.74) is 7.31. The second-order valence-corrected chi connectivity index (χ2v) is 7.93. The van der Waals surface area contributed by atoms with Gasteiger partial charge < -0.3 is 19.9 Å². The molecule has 0 saturated carbocycles. The lowest BCUT2D eigenvalue weighted by atomic mass is 9.77. The molecule has 0 fully saturated rings. The molecule has 6 nitrogen and oxygen atoms in total. The number of carbonyl (C=O) groups excluding carboxylic acids is 2. The van der Waals surface area contributed by atoms with Crippen molar-refractivity contribution in [2.24, 2.45) is 5.73 Å². The van der Waals surface area contributed by atoms with Gasteiger partial charge in [0.15, 0.2) is 5.78 Å². The van der Waals surface area contributed by atoms with Crippen LogP contribution in [0.3, 0.4) is 0 Å². The Bertz CT molecular complexity index is 875. The van der Waals surface area contributed by atoms with Gasteiger partial charge in [-0.2, -0.15) is 0 Å². The Hall–Kier alpha value is -1.80. The van der Waals surface area contributed by atoms with E-state index in [-0.39, 0.29) is 23.8 Å². The number of benzene rings is 1. The molecule has 8 heteroatoms. The van der Waals surface area contributed by atoms with Crippen LogP contribution < -0.4 is 10.5 Å². The molecule has 1 unspecified atom stereocenters. The molecule has 0 aromatic heterocycles. The fourth-order valence-electron chi connectivity index (χ4n) is 3.48. The van der Waals surface area contributed by atoms with Crippen LogP contribution >= 0.6 is 31.9 Å². The van der Waals surface area contributed by atoms with Gasteiger partial charge in [-0.05, 0) is 41.4 Å². The summed E-state index contributed by atoms with van der Waals surface area (Å²) in [5.74, 6) is -0.393. The number of hydrogen-bond donors (Lipinski definition) is 1. The van der Waals surface area contributed by atoms with Crippen LogP contribution in [0.5, 0.6) is 5.75 Å². The maximum Gasteiger partial charge on any atom is 0.340 e. The summed E-state index contributed by atoms with van der Waals surface area (Å²) in [5, 5.41) is 0. The van der Waals surface area contributed by atoms with Crippen LogP contribution in [0.2, 0.25) is 0 Å². The van der Waals surface area contributed by atoms with E-state index in [1.807, 2.05) is 12.1 Å². The van der Waals surface area contributed by atoms with E-state index in [4.69, 9.17) is 19.9 Å². The highest BCUT2D eigenvalue weighted by Crippen LogP contribution is 2.48. The van der Waals surface area contributed by atoms with Gasteiger partial charge in [-0.3, -0.25) is 4.79 Å². The summed E-state index contributed by atoms with van der Waals surface area (Å²) in [6.07, 6.45) is 1.67. The molecular formula is C19H19Br2NO5. The van der Waals surface area contributed by atoms with E-state index in [0.717, 1.165) is 4.47 Å². The third-order valence-electron chi connectivity index (χ3n) is 4.53. The highest BCUT2D eigenvalue weighted by atomic mass is 79.9. The van der Waals surface area contributed by atoms with E-state index in [1.165, 1.54) is 7.11 Å². The van der Waals surface area contributed by atoms with Gasteiger partial charge in [0, 0.05) is 28.5 Å². The number of nitrogens with two attached hydrogens (primary N) is 1. The molecule has 1 aliphatic carbocycles. The molecule has 1 atom stereocenters. The average Bonchev–Trinajstić information content (AvgIpc) is 2.60. The van der Waals surface area contributed by atoms with Crippen molar-refractivity contribution in [3.05, 3.63) is 49.4 Å². The lowest BCUT2D eigenvalue weighted by molar-refractivity contribution is -0.139. The third-order valence-corrected chi connectivity index (χ3v) is 5.58. The van der Waals surface area contributed by atoms with Crippen molar-refractivity contribution in [3.8, 4) is 5.75 Å². The van der Waals surface area contributed by atoms with E-state index in [1.54, 1.807) is 6.92 Å². The van der Waals surface area contributed by atoms with Crippen LogP contribution in [0.1, 0.15) is 37.7 Å². The van der Waals surface area contributed by atoms with Gasteiger partial charge in [-0.25, -0.2) is 4.79 Å². The number of hydrogen-bond acceptors (Lipinski definition) is 6. The second kappa shape index (κ2) is 8.06. The topological polar surface area (TPSA) is 87.9 Å². The maximum absolute atomic E-state index is 12.8. The quantitative estimate of drug-likeness (QED) is 0.627. The number of rotatable bonds is 4. The molecule has 1 aliphatic heterocycles. The number of Topliss-reactive ketones (excluding diaryl/α,β-unsaturated/α-hetero) is 1. The van der Waals surface area contributed by atoms with E-state index >= 15 is 0 Å². The lowest BCUT2D eigenvalue weighted by Gasteiger charge is -2.33. The van der Waals surface area contributed by atoms with Gasteiger partial charge in [0.25, 0.3) is 0 Å². The fraction of sp³-hybridized carbons (Fsp3) is 0.368. The number of ether oxygens (including phenoxy) is 3. The predicted molar refractivity (Wildman–Crippen MR) is 106 cm³/mol. The van der Waals surface area contributed by atoms with Crippen LogP contribution in [0.25, 0.3) is 0 Å². The van der Waals surface area contributed by atoms with E-state index in [2.05, 4.69) is 31.9 Å². The second-order valence-electron chi connectivity index (χ2n) is 6.16. The molecule has 1 heterocycles. The monoisotopic (exact) mass is 499 g/mol. The number of esters is 1. The van der Waals surface area contributed by atoms with E-state index in [9.17, 15) is 9.59 Å². The zero-order valence-electron chi connectivity index (χ0n) is 14.9. The maximum atomic E-state index is 12.8. The Balaban J connectivity index is 2.28. The molecule has 0 spiro atoms. The molecule has 2 aliphatic rings. The molecule has 144 valence electrons. The van der Waals surface area contributed by atoms with Gasteiger partial charge in [-0.1, -0.05) is 15.9 Å². The number of halogens is 2. The predicted octanol–water partition coefficient (Wildman–Crippen LogP) is 4.07. The first-order valence-corrected chi connectivity index (χ1v) is 10.1. The highest BCUT2D eigenvalue weighted by molar-refractivity contribution is 9.11. The van der Waals surface area contributed by atoms with Gasteiger partial charge in [0.1, 0.15) is 17.1 Å². The third kappa shape index (κ3) is 3.65. The summed E-state index contributed by atoms with van der Waals surface area (Å²) in [6, 6.07) is 3.65. The minimum Gasteiger partial charge on any atom is -0.495 e. The Morgan fingerprint density at radius 2 is 2.07 bits per heavy atom. The fourth-order valence-corrected chi connectivity index (χ4v) is 4.91. The van der Waals surface area contributed by atoms with Gasteiger partial charge in [-0.15, -0.1) is 0 Å². The van der Waals surface area contributed by atoms with Crippen molar-refractivity contribution in [1.82, 2.24) is 0 Å². The van der Waals surface area contributed by atoms with Gasteiger partial charge >= 0.3 is 5.97 Å². The Morgan fingerprint density at radius 1 is 1.33 bits per heavy atom. The standard InChI is InChI=1S/C19H19Br2NO5/c1-3-26-19(24)16-14(10-7-9(20)8-11(21)17(10)25-2)15-12(23)5-4-6-13(15)27-18(16)22/h7-8,14H,3-6,22H2,1-2H3. The minimum atomic E-state index is -0.718. The zero-order valence-corrected chi connectivity index (χ0v) is 18.1. The Labute approximate surface area is 174 Å². The molecular weight excluding hydrogens is 482 g/mol. The lowest BCUT2D eigenvalue weighted by Crippen LogP contribution is -2.31. The van der Waals surface area contributed by atoms with Crippen LogP contribution in [0, 0.1) is 0 Å². The number of ketones is 1. The summed E-state index contributed by atoms with van der Waals surface area (Å²) in [7, 11) is 1.53. The first kappa shape index (κ1) is 19.9. The van der Waals surface area contributed by atoms with Crippen LogP contribution in [-0.2, 0) is 19.1 Å². The van der Waals surface area contributed by atoms with Crippen LogP contribution in [0.4, 0.5) is 0 Å². The first-order chi connectivity index (χ1) is 12.9. The summed E-state index contributed by atoms with van der Waals surface area (Å²) >= 11 is 6.95. The first-order valence-electron chi connectivity index (χ1n) is 8.52. The van der Waals surface area contributed by atoms with Crippen LogP contribution in [-0.4, -0.2) is 25.5 Å².